The third-order valence-electron chi connectivity index (χ3n) is 2.71. The molecule has 106 valence electrons. The van der Waals surface area contributed by atoms with Gasteiger partial charge in [-0.15, -0.1) is 0 Å². The van der Waals surface area contributed by atoms with Crippen LogP contribution in [0.3, 0.4) is 0 Å². The van der Waals surface area contributed by atoms with E-state index in [4.69, 9.17) is 0 Å². The van der Waals surface area contributed by atoms with Gasteiger partial charge in [-0.05, 0) is 12.8 Å². The molecule has 5 nitrogen and oxygen atoms in total. The van der Waals surface area contributed by atoms with E-state index in [0.29, 0.717) is 24.0 Å². The first kappa shape index (κ1) is 15.4. The Kier molecular flexibility index (Phi) is 4.50. The number of nitrogens with one attached hydrogen (secondary N) is 2. The van der Waals surface area contributed by atoms with Gasteiger partial charge in [0.2, 0.25) is 0 Å². The first-order chi connectivity index (χ1) is 8.62. The Hall–Kier alpha value is -1.65. The predicted octanol–water partition coefficient (Wildman–Crippen LogP) is 1.76. The number of aromatic nitrogens is 2. The summed E-state index contributed by atoms with van der Waals surface area (Å²) < 4.78 is 0. The van der Waals surface area contributed by atoms with E-state index in [1.165, 1.54) is 0 Å². The Labute approximate surface area is 113 Å². The van der Waals surface area contributed by atoms with Crippen LogP contribution < -0.4 is 10.9 Å². The highest BCUT2D eigenvalue weighted by atomic mass is 16.2. The van der Waals surface area contributed by atoms with Crippen molar-refractivity contribution in [3.05, 3.63) is 27.4 Å². The zero-order valence-electron chi connectivity index (χ0n) is 12.5. The lowest BCUT2D eigenvalue weighted by atomic mass is 9.95. The minimum Gasteiger partial charge on any atom is -0.352 e. The first-order valence-electron chi connectivity index (χ1n) is 6.52. The number of carbonyl (C=O) groups is 1. The fraction of sp³-hybridized carbons (Fsp3) is 0.643. The fourth-order valence-electron chi connectivity index (χ4n) is 1.59. The van der Waals surface area contributed by atoms with Crippen molar-refractivity contribution in [1.82, 2.24) is 15.3 Å². The Morgan fingerprint density at radius 1 is 1.37 bits per heavy atom. The molecule has 0 fully saturated rings. The molecule has 0 aromatic carbocycles. The minimum absolute atomic E-state index is 0.105. The van der Waals surface area contributed by atoms with Gasteiger partial charge in [-0.3, -0.25) is 9.59 Å². The molecule has 1 heterocycles. The van der Waals surface area contributed by atoms with E-state index in [0.717, 1.165) is 0 Å². The molecule has 19 heavy (non-hydrogen) atoms. The number of carbonyl (C=O) groups excluding carboxylic acids is 1. The number of amides is 1. The van der Waals surface area contributed by atoms with Crippen LogP contribution in [0, 0.1) is 12.8 Å². The van der Waals surface area contributed by atoms with E-state index in [1.54, 1.807) is 6.92 Å². The summed E-state index contributed by atoms with van der Waals surface area (Å²) in [6.45, 7) is 12.1. The second kappa shape index (κ2) is 5.55. The highest BCUT2D eigenvalue weighted by Crippen LogP contribution is 2.17. The highest BCUT2D eigenvalue weighted by molar-refractivity contribution is 5.94. The summed E-state index contributed by atoms with van der Waals surface area (Å²) in [5, 5.41) is 2.74. The lowest BCUT2D eigenvalue weighted by Crippen LogP contribution is -2.35. The third kappa shape index (κ3) is 3.91. The predicted molar refractivity (Wildman–Crippen MR) is 75.5 cm³/mol. The summed E-state index contributed by atoms with van der Waals surface area (Å²) >= 11 is 0. The average Bonchev–Trinajstić information content (AvgIpc) is 2.24. The maximum absolute atomic E-state index is 12.0. The molecular formula is C14H23N3O2. The molecule has 0 bridgehead atoms. The number of nitrogens with zero attached hydrogens (tertiary/aromatic N) is 1. The van der Waals surface area contributed by atoms with Crippen LogP contribution >= 0.6 is 0 Å². The Morgan fingerprint density at radius 3 is 2.37 bits per heavy atom. The van der Waals surface area contributed by atoms with Gasteiger partial charge in [-0.1, -0.05) is 34.6 Å². The van der Waals surface area contributed by atoms with E-state index < -0.39 is 0 Å². The normalized spacial score (nSPS) is 11.7. The average molecular weight is 265 g/mol. The van der Waals surface area contributed by atoms with Crippen LogP contribution in [0.2, 0.25) is 0 Å². The van der Waals surface area contributed by atoms with Gasteiger partial charge in [0.05, 0.1) is 5.69 Å². The van der Waals surface area contributed by atoms with Crippen molar-refractivity contribution in [3.8, 4) is 0 Å². The lowest BCUT2D eigenvalue weighted by molar-refractivity contribution is 0.0946. The van der Waals surface area contributed by atoms with Crippen LogP contribution in [-0.2, 0) is 5.41 Å². The van der Waals surface area contributed by atoms with Gasteiger partial charge in [0.1, 0.15) is 11.4 Å². The molecule has 0 aliphatic rings. The number of hydrogen-bond donors (Lipinski definition) is 2. The third-order valence-corrected chi connectivity index (χ3v) is 2.71. The van der Waals surface area contributed by atoms with Crippen molar-refractivity contribution in [2.75, 3.05) is 6.54 Å². The van der Waals surface area contributed by atoms with Gasteiger partial charge in [-0.2, -0.15) is 0 Å². The van der Waals surface area contributed by atoms with Crippen molar-refractivity contribution in [3.63, 3.8) is 0 Å². The van der Waals surface area contributed by atoms with Crippen molar-refractivity contribution >= 4 is 5.91 Å². The van der Waals surface area contributed by atoms with Gasteiger partial charge in [0.25, 0.3) is 11.5 Å². The summed E-state index contributed by atoms with van der Waals surface area (Å²) in [6.07, 6.45) is 0. The summed E-state index contributed by atoms with van der Waals surface area (Å²) in [7, 11) is 0. The molecule has 0 unspecified atom stereocenters. The van der Waals surface area contributed by atoms with Crippen LogP contribution in [0.15, 0.2) is 4.79 Å². The van der Waals surface area contributed by atoms with E-state index in [1.807, 2.05) is 34.6 Å². The molecule has 0 radical (unpaired) electrons. The number of aromatic amines is 1. The monoisotopic (exact) mass is 265 g/mol. The van der Waals surface area contributed by atoms with Crippen LogP contribution in [0.5, 0.6) is 0 Å². The van der Waals surface area contributed by atoms with E-state index in [2.05, 4.69) is 15.3 Å². The van der Waals surface area contributed by atoms with Gasteiger partial charge in [0.15, 0.2) is 0 Å². The maximum Gasteiger partial charge on any atom is 0.264 e. The van der Waals surface area contributed by atoms with Crippen molar-refractivity contribution < 1.29 is 4.79 Å². The van der Waals surface area contributed by atoms with Crippen LogP contribution in [0.1, 0.15) is 56.5 Å². The molecule has 0 spiro atoms. The molecule has 0 aliphatic heterocycles. The van der Waals surface area contributed by atoms with E-state index >= 15 is 0 Å². The molecule has 0 aliphatic carbocycles. The van der Waals surface area contributed by atoms with Crippen molar-refractivity contribution in [1.29, 1.82) is 0 Å². The topological polar surface area (TPSA) is 74.8 Å². The largest absolute Gasteiger partial charge is 0.352 e. The summed E-state index contributed by atoms with van der Waals surface area (Å²) in [5.74, 6) is 0.570. The molecule has 1 rings (SSSR count). The second-order valence-corrected chi connectivity index (χ2v) is 6.23. The van der Waals surface area contributed by atoms with Gasteiger partial charge in [0, 0.05) is 12.0 Å². The highest BCUT2D eigenvalue weighted by Gasteiger charge is 2.21. The van der Waals surface area contributed by atoms with Gasteiger partial charge < -0.3 is 10.3 Å². The summed E-state index contributed by atoms with van der Waals surface area (Å²) in [5.41, 5.74) is -0.0566. The Balaban J connectivity index is 3.11. The quantitative estimate of drug-likeness (QED) is 0.874. The molecular weight excluding hydrogens is 242 g/mol. The molecule has 5 heteroatoms. The first-order valence-corrected chi connectivity index (χ1v) is 6.52. The smallest absolute Gasteiger partial charge is 0.264 e. The number of aryl methyl sites for hydroxylation is 1. The van der Waals surface area contributed by atoms with Gasteiger partial charge in [-0.25, -0.2) is 4.98 Å². The zero-order chi connectivity index (χ0) is 14.8. The standard InChI is InChI=1S/C14H23N3O2/c1-8(2)7-15-11(18)10-9(3)16-13(14(4,5)6)17-12(10)19/h8H,7H2,1-6H3,(H,15,18)(H,16,17,19). The maximum atomic E-state index is 12.0. The van der Waals surface area contributed by atoms with Crippen LogP contribution in [0.25, 0.3) is 0 Å². The number of rotatable bonds is 3. The van der Waals surface area contributed by atoms with Gasteiger partial charge >= 0.3 is 0 Å². The summed E-state index contributed by atoms with van der Waals surface area (Å²) in [4.78, 5) is 31.1. The molecule has 0 atom stereocenters. The van der Waals surface area contributed by atoms with Crippen LogP contribution in [-0.4, -0.2) is 22.4 Å². The molecule has 0 saturated heterocycles. The second-order valence-electron chi connectivity index (χ2n) is 6.23. The fourth-order valence-corrected chi connectivity index (χ4v) is 1.59. The molecule has 0 saturated carbocycles. The lowest BCUT2D eigenvalue weighted by Gasteiger charge is -2.18. The van der Waals surface area contributed by atoms with E-state index in [-0.39, 0.29) is 22.4 Å². The molecule has 1 aromatic rings. The minimum atomic E-state index is -0.376. The van der Waals surface area contributed by atoms with Crippen molar-refractivity contribution in [2.45, 2.75) is 47.0 Å². The number of H-pyrrole nitrogens is 1. The number of hydrogen-bond acceptors (Lipinski definition) is 3. The van der Waals surface area contributed by atoms with Crippen LogP contribution in [0.4, 0.5) is 0 Å². The summed E-state index contributed by atoms with van der Waals surface area (Å²) in [6, 6.07) is 0. The molecule has 1 amide bonds. The van der Waals surface area contributed by atoms with Crippen molar-refractivity contribution in [2.24, 2.45) is 5.92 Å². The molecule has 1 aromatic heterocycles. The Bertz CT molecular complexity index is 524. The zero-order valence-corrected chi connectivity index (χ0v) is 12.5. The SMILES string of the molecule is Cc1nc(C(C)(C)C)[nH]c(=O)c1C(=O)NCC(C)C. The van der Waals surface area contributed by atoms with E-state index in [9.17, 15) is 9.59 Å². The Morgan fingerprint density at radius 2 is 1.95 bits per heavy atom. The molecule has 2 N–H and O–H groups in total.